The van der Waals surface area contributed by atoms with Crippen LogP contribution in [-0.2, 0) is 6.42 Å². The number of carboxylic acid groups (broad SMARTS) is 1. The van der Waals surface area contributed by atoms with E-state index in [1.54, 1.807) is 18.2 Å². The third-order valence-electron chi connectivity index (χ3n) is 3.89. The summed E-state index contributed by atoms with van der Waals surface area (Å²) in [4.78, 5) is 10.9. The van der Waals surface area contributed by atoms with Gasteiger partial charge in [0, 0.05) is 0 Å². The monoisotopic (exact) mass is 262 g/mol. The van der Waals surface area contributed by atoms with Gasteiger partial charge in [-0.1, -0.05) is 26.2 Å². The van der Waals surface area contributed by atoms with Crippen molar-refractivity contribution >= 4 is 5.97 Å². The van der Waals surface area contributed by atoms with Crippen LogP contribution in [0.5, 0.6) is 5.75 Å². The van der Waals surface area contributed by atoms with E-state index in [-0.39, 0.29) is 0 Å². The van der Waals surface area contributed by atoms with Crippen molar-refractivity contribution in [3.05, 3.63) is 29.3 Å². The lowest BCUT2D eigenvalue weighted by atomic mass is 9.90. The summed E-state index contributed by atoms with van der Waals surface area (Å²) in [6.07, 6.45) is 7.29. The molecule has 1 aliphatic rings. The van der Waals surface area contributed by atoms with Crippen LogP contribution < -0.4 is 4.74 Å². The average molecular weight is 262 g/mol. The molecule has 0 atom stereocenters. The Morgan fingerprint density at radius 3 is 2.68 bits per heavy atom. The maximum Gasteiger partial charge on any atom is 0.335 e. The van der Waals surface area contributed by atoms with E-state index < -0.39 is 5.97 Å². The molecule has 3 heteroatoms. The Kier molecular flexibility index (Phi) is 4.83. The van der Waals surface area contributed by atoms with Gasteiger partial charge in [0.15, 0.2) is 0 Å². The van der Waals surface area contributed by atoms with Gasteiger partial charge in [0.2, 0.25) is 0 Å². The summed E-state index contributed by atoms with van der Waals surface area (Å²) in [5.41, 5.74) is 1.32. The Balaban J connectivity index is 2.00. The summed E-state index contributed by atoms with van der Waals surface area (Å²) in [6.45, 7) is 2.79. The van der Waals surface area contributed by atoms with Crippen LogP contribution in [0.1, 0.15) is 54.9 Å². The summed E-state index contributed by atoms with van der Waals surface area (Å²) in [6, 6.07) is 5.14. The highest BCUT2D eigenvalue weighted by atomic mass is 16.5. The standard InChI is InChI=1S/C16H22O3/c1-2-13-10-14(16(17)18)8-9-15(13)19-11-12-6-4-3-5-7-12/h8-10,12H,2-7,11H2,1H3,(H,17,18). The summed E-state index contributed by atoms with van der Waals surface area (Å²) in [7, 11) is 0. The Morgan fingerprint density at radius 1 is 1.32 bits per heavy atom. The fourth-order valence-corrected chi connectivity index (χ4v) is 2.69. The quantitative estimate of drug-likeness (QED) is 0.875. The Hall–Kier alpha value is -1.51. The van der Waals surface area contributed by atoms with E-state index in [2.05, 4.69) is 0 Å². The molecule has 104 valence electrons. The van der Waals surface area contributed by atoms with Crippen LogP contribution in [0.4, 0.5) is 0 Å². The van der Waals surface area contributed by atoms with Crippen LogP contribution >= 0.6 is 0 Å². The molecule has 1 N–H and O–H groups in total. The molecule has 1 saturated carbocycles. The van der Waals surface area contributed by atoms with Gasteiger partial charge in [-0.05, 0) is 48.9 Å². The zero-order valence-electron chi connectivity index (χ0n) is 11.5. The number of carbonyl (C=O) groups is 1. The van der Waals surface area contributed by atoms with E-state index in [1.807, 2.05) is 6.92 Å². The number of carboxylic acids is 1. The molecule has 3 nitrogen and oxygen atoms in total. The van der Waals surface area contributed by atoms with E-state index >= 15 is 0 Å². The van der Waals surface area contributed by atoms with Crippen molar-refractivity contribution in [3.63, 3.8) is 0 Å². The van der Waals surface area contributed by atoms with Crippen LogP contribution in [0.15, 0.2) is 18.2 Å². The molecule has 19 heavy (non-hydrogen) atoms. The van der Waals surface area contributed by atoms with Crippen LogP contribution in [0.2, 0.25) is 0 Å². The lowest BCUT2D eigenvalue weighted by molar-refractivity contribution is 0.0696. The highest BCUT2D eigenvalue weighted by Gasteiger charge is 2.15. The lowest BCUT2D eigenvalue weighted by Crippen LogP contribution is -2.15. The first-order chi connectivity index (χ1) is 9.20. The molecule has 0 heterocycles. The smallest absolute Gasteiger partial charge is 0.335 e. The number of aromatic carboxylic acids is 1. The zero-order chi connectivity index (χ0) is 13.7. The van der Waals surface area contributed by atoms with Gasteiger partial charge in [-0.3, -0.25) is 0 Å². The van der Waals surface area contributed by atoms with Gasteiger partial charge in [0.05, 0.1) is 12.2 Å². The molecule has 0 spiro atoms. The van der Waals surface area contributed by atoms with Crippen LogP contribution in [0, 0.1) is 5.92 Å². The summed E-state index contributed by atoms with van der Waals surface area (Å²) < 4.78 is 5.91. The molecule has 0 bridgehead atoms. The van der Waals surface area contributed by atoms with Crippen molar-refractivity contribution < 1.29 is 14.6 Å². The van der Waals surface area contributed by atoms with E-state index in [4.69, 9.17) is 9.84 Å². The topological polar surface area (TPSA) is 46.5 Å². The molecule has 1 aromatic carbocycles. The lowest BCUT2D eigenvalue weighted by Gasteiger charge is -2.22. The van der Waals surface area contributed by atoms with Gasteiger partial charge in [-0.2, -0.15) is 0 Å². The minimum atomic E-state index is -0.881. The highest BCUT2D eigenvalue weighted by molar-refractivity contribution is 5.88. The summed E-state index contributed by atoms with van der Waals surface area (Å²) in [5.74, 6) is 0.629. The van der Waals surface area contributed by atoms with Gasteiger partial charge < -0.3 is 9.84 Å². The minimum absolute atomic E-state index is 0.335. The maximum absolute atomic E-state index is 10.9. The molecule has 0 aromatic heterocycles. The van der Waals surface area contributed by atoms with Crippen molar-refractivity contribution in [2.24, 2.45) is 5.92 Å². The number of rotatable bonds is 5. The number of hydrogen-bond acceptors (Lipinski definition) is 2. The zero-order valence-corrected chi connectivity index (χ0v) is 11.5. The van der Waals surface area contributed by atoms with Gasteiger partial charge in [-0.25, -0.2) is 4.79 Å². The predicted molar refractivity (Wildman–Crippen MR) is 74.8 cm³/mol. The summed E-state index contributed by atoms with van der Waals surface area (Å²) >= 11 is 0. The number of aryl methyl sites for hydroxylation is 1. The Morgan fingerprint density at radius 2 is 2.05 bits per heavy atom. The predicted octanol–water partition coefficient (Wildman–Crippen LogP) is 3.91. The molecular formula is C16H22O3. The molecule has 0 saturated heterocycles. The average Bonchev–Trinajstić information content (AvgIpc) is 2.45. The molecular weight excluding hydrogens is 240 g/mol. The van der Waals surface area contributed by atoms with E-state index in [0.717, 1.165) is 24.3 Å². The number of hydrogen-bond donors (Lipinski definition) is 1. The third kappa shape index (κ3) is 3.72. The molecule has 0 radical (unpaired) electrons. The van der Waals surface area contributed by atoms with Crippen LogP contribution in [-0.4, -0.2) is 17.7 Å². The van der Waals surface area contributed by atoms with Crippen molar-refractivity contribution in [1.82, 2.24) is 0 Å². The van der Waals surface area contributed by atoms with Crippen molar-refractivity contribution in [2.75, 3.05) is 6.61 Å². The van der Waals surface area contributed by atoms with Gasteiger partial charge in [0.1, 0.15) is 5.75 Å². The first-order valence-electron chi connectivity index (χ1n) is 7.19. The van der Waals surface area contributed by atoms with Crippen molar-refractivity contribution in [1.29, 1.82) is 0 Å². The summed E-state index contributed by atoms with van der Waals surface area (Å²) in [5, 5.41) is 8.99. The fourth-order valence-electron chi connectivity index (χ4n) is 2.69. The molecule has 1 aromatic rings. The minimum Gasteiger partial charge on any atom is -0.493 e. The second kappa shape index (κ2) is 6.60. The molecule has 1 fully saturated rings. The first kappa shape index (κ1) is 13.9. The molecule has 0 unspecified atom stereocenters. The highest BCUT2D eigenvalue weighted by Crippen LogP contribution is 2.26. The number of benzene rings is 1. The SMILES string of the molecule is CCc1cc(C(=O)O)ccc1OCC1CCCCC1. The normalized spacial score (nSPS) is 16.3. The fraction of sp³-hybridized carbons (Fsp3) is 0.562. The van der Waals surface area contributed by atoms with Crippen molar-refractivity contribution in [3.8, 4) is 5.75 Å². The largest absolute Gasteiger partial charge is 0.493 e. The van der Waals surface area contributed by atoms with E-state index in [9.17, 15) is 4.79 Å². The van der Waals surface area contributed by atoms with E-state index in [0.29, 0.717) is 11.5 Å². The third-order valence-corrected chi connectivity index (χ3v) is 3.89. The second-order valence-corrected chi connectivity index (χ2v) is 5.30. The number of ether oxygens (including phenoxy) is 1. The first-order valence-corrected chi connectivity index (χ1v) is 7.19. The van der Waals surface area contributed by atoms with Crippen molar-refractivity contribution in [2.45, 2.75) is 45.4 Å². The van der Waals surface area contributed by atoms with Crippen LogP contribution in [0.3, 0.4) is 0 Å². The van der Waals surface area contributed by atoms with E-state index in [1.165, 1.54) is 32.1 Å². The molecule has 1 aliphatic carbocycles. The van der Waals surface area contributed by atoms with Gasteiger partial charge >= 0.3 is 5.97 Å². The molecule has 2 rings (SSSR count). The second-order valence-electron chi connectivity index (χ2n) is 5.30. The van der Waals surface area contributed by atoms with Gasteiger partial charge in [-0.15, -0.1) is 0 Å². The molecule has 0 amide bonds. The van der Waals surface area contributed by atoms with Crippen LogP contribution in [0.25, 0.3) is 0 Å². The van der Waals surface area contributed by atoms with Gasteiger partial charge in [0.25, 0.3) is 0 Å². The maximum atomic E-state index is 10.9. The molecule has 0 aliphatic heterocycles. The Labute approximate surface area is 114 Å². The Bertz CT molecular complexity index is 434.